The van der Waals surface area contributed by atoms with E-state index in [1.807, 2.05) is 0 Å². The molecule has 1 heterocycles. The molecule has 0 aliphatic rings. The second kappa shape index (κ2) is 17.8. The highest BCUT2D eigenvalue weighted by Gasteiger charge is 2.41. The van der Waals surface area contributed by atoms with Gasteiger partial charge in [-0.3, -0.25) is 0 Å². The summed E-state index contributed by atoms with van der Waals surface area (Å²) < 4.78 is 2.40. The SMILES string of the molecule is c1ccc(-n2c3ccccc3c3c(-c4cccc(N(c5ccc(-c6cccc7ccccc67)cc5)c5ccc([Si](c6ccccc6)(c6ccccc6)c6ccc7ccccc7c6)cc5)c4)cccc32)cc1. The summed E-state index contributed by atoms with van der Waals surface area (Å²) in [5.74, 6) is 0. The molecule has 0 saturated heterocycles. The quantitative estimate of drug-likeness (QED) is 0.0980. The Labute approximate surface area is 415 Å². The fraction of sp³-hybridized carbons (Fsp3) is 0. The fourth-order valence-electron chi connectivity index (χ4n) is 11.3. The van der Waals surface area contributed by atoms with Crippen LogP contribution in [-0.2, 0) is 0 Å². The minimum Gasteiger partial charge on any atom is -0.310 e. The fourth-order valence-corrected chi connectivity index (χ4v) is 16.1. The Balaban J connectivity index is 0.995. The Hall–Kier alpha value is -9.02. The van der Waals surface area contributed by atoms with Crippen LogP contribution in [0.4, 0.5) is 17.1 Å². The van der Waals surface area contributed by atoms with Crippen LogP contribution in [0.1, 0.15) is 0 Å². The van der Waals surface area contributed by atoms with E-state index in [0.29, 0.717) is 0 Å². The summed E-state index contributed by atoms with van der Waals surface area (Å²) in [4.78, 5) is 2.43. The molecular weight excluding hydrogens is 873 g/mol. The largest absolute Gasteiger partial charge is 0.310 e. The normalized spacial score (nSPS) is 11.7. The highest BCUT2D eigenvalue weighted by atomic mass is 28.3. The third kappa shape index (κ3) is 7.26. The number of nitrogens with zero attached hydrogens (tertiary/aromatic N) is 2. The van der Waals surface area contributed by atoms with E-state index >= 15 is 0 Å². The van der Waals surface area contributed by atoms with Crippen LogP contribution < -0.4 is 25.6 Å². The number of aromatic nitrogens is 1. The maximum Gasteiger partial charge on any atom is 0.179 e. The van der Waals surface area contributed by atoms with Gasteiger partial charge in [0, 0.05) is 33.5 Å². The third-order valence-electron chi connectivity index (χ3n) is 14.5. The van der Waals surface area contributed by atoms with Crippen LogP contribution in [0.3, 0.4) is 0 Å². The van der Waals surface area contributed by atoms with E-state index in [1.54, 1.807) is 0 Å². The van der Waals surface area contributed by atoms with Gasteiger partial charge in [-0.25, -0.2) is 0 Å². The molecule has 13 rings (SSSR count). The Morgan fingerprint density at radius 1 is 0.282 bits per heavy atom. The first-order valence-electron chi connectivity index (χ1n) is 24.5. The molecule has 0 aliphatic carbocycles. The summed E-state index contributed by atoms with van der Waals surface area (Å²) in [6.07, 6.45) is 0. The van der Waals surface area contributed by atoms with E-state index in [-0.39, 0.29) is 0 Å². The molecule has 0 saturated carbocycles. The molecule has 12 aromatic carbocycles. The standard InChI is InChI=1S/C68H48N2Si/c1-4-24-54(25-5-1)70-66-35-15-14-32-65(66)68-64(34-18-36-67(68)70)53-23-16-26-57(47-53)69(55-40-37-51(38-41-55)63-33-17-22-50-20-12-13-31-62(50)63)56-42-45-60(46-43-56)71(58-27-6-2-7-28-58,59-29-8-3-9-30-59)61-44-39-49-19-10-11-21-52(49)48-61/h1-48H. The second-order valence-corrected chi connectivity index (χ2v) is 22.2. The molecule has 0 unspecified atom stereocenters. The van der Waals surface area contributed by atoms with Crippen molar-refractivity contribution >= 4 is 89.2 Å². The lowest BCUT2D eigenvalue weighted by Crippen LogP contribution is -2.74. The van der Waals surface area contributed by atoms with Gasteiger partial charge in [0.15, 0.2) is 8.07 Å². The van der Waals surface area contributed by atoms with Gasteiger partial charge >= 0.3 is 0 Å². The molecular formula is C68H48N2Si. The van der Waals surface area contributed by atoms with Crippen LogP contribution in [0, 0.1) is 0 Å². The number of fused-ring (bicyclic) bond motifs is 5. The topological polar surface area (TPSA) is 8.17 Å². The number of hydrogen-bond donors (Lipinski definition) is 0. The molecule has 0 fully saturated rings. The first kappa shape index (κ1) is 42.1. The van der Waals surface area contributed by atoms with E-state index in [0.717, 1.165) is 28.3 Å². The number of rotatable bonds is 10. The van der Waals surface area contributed by atoms with Crippen molar-refractivity contribution in [3.63, 3.8) is 0 Å². The zero-order valence-electron chi connectivity index (χ0n) is 39.1. The van der Waals surface area contributed by atoms with Crippen molar-refractivity contribution in [2.45, 2.75) is 0 Å². The third-order valence-corrected chi connectivity index (χ3v) is 19.3. The molecule has 3 heteroatoms. The van der Waals surface area contributed by atoms with E-state index in [1.165, 1.54) is 80.8 Å². The average molecular weight is 921 g/mol. The first-order chi connectivity index (χ1) is 35.2. The van der Waals surface area contributed by atoms with Crippen molar-refractivity contribution in [1.82, 2.24) is 4.57 Å². The van der Waals surface area contributed by atoms with E-state index in [4.69, 9.17) is 0 Å². The number of para-hydroxylation sites is 2. The Bertz CT molecular complexity index is 3990. The van der Waals surface area contributed by atoms with Gasteiger partial charge in [0.25, 0.3) is 0 Å². The van der Waals surface area contributed by atoms with Gasteiger partial charge in [-0.05, 0) is 125 Å². The lowest BCUT2D eigenvalue weighted by Gasteiger charge is -2.35. The van der Waals surface area contributed by atoms with Gasteiger partial charge in [-0.15, -0.1) is 0 Å². The molecule has 334 valence electrons. The lowest BCUT2D eigenvalue weighted by molar-refractivity contribution is 1.18. The smallest absolute Gasteiger partial charge is 0.179 e. The summed E-state index contributed by atoms with van der Waals surface area (Å²) in [5.41, 5.74) is 11.6. The monoisotopic (exact) mass is 920 g/mol. The molecule has 1 aromatic heterocycles. The molecule has 0 N–H and O–H groups in total. The van der Waals surface area contributed by atoms with Crippen LogP contribution >= 0.6 is 0 Å². The molecule has 0 atom stereocenters. The van der Waals surface area contributed by atoms with E-state index in [2.05, 4.69) is 301 Å². The van der Waals surface area contributed by atoms with Crippen molar-refractivity contribution in [3.05, 3.63) is 291 Å². The van der Waals surface area contributed by atoms with Gasteiger partial charge < -0.3 is 9.47 Å². The van der Waals surface area contributed by atoms with Gasteiger partial charge in [0.2, 0.25) is 0 Å². The summed E-state index contributed by atoms with van der Waals surface area (Å²) in [7, 11) is -2.85. The maximum atomic E-state index is 2.45. The summed E-state index contributed by atoms with van der Waals surface area (Å²) in [6.45, 7) is 0. The van der Waals surface area contributed by atoms with Crippen molar-refractivity contribution in [2.24, 2.45) is 0 Å². The molecule has 0 spiro atoms. The van der Waals surface area contributed by atoms with Crippen LogP contribution in [0.25, 0.3) is 71.3 Å². The Morgan fingerprint density at radius 2 is 0.803 bits per heavy atom. The highest BCUT2D eigenvalue weighted by Crippen LogP contribution is 2.42. The van der Waals surface area contributed by atoms with Crippen LogP contribution in [-0.4, -0.2) is 12.6 Å². The molecule has 2 nitrogen and oxygen atoms in total. The molecule has 71 heavy (non-hydrogen) atoms. The average Bonchev–Trinajstić information content (AvgIpc) is 3.79. The number of hydrogen-bond acceptors (Lipinski definition) is 1. The summed E-state index contributed by atoms with van der Waals surface area (Å²) in [6, 6.07) is 108. The maximum absolute atomic E-state index is 2.85. The van der Waals surface area contributed by atoms with Crippen molar-refractivity contribution in [1.29, 1.82) is 0 Å². The first-order valence-corrected chi connectivity index (χ1v) is 26.5. The Morgan fingerprint density at radius 3 is 1.54 bits per heavy atom. The lowest BCUT2D eigenvalue weighted by atomic mass is 9.97. The number of anilines is 3. The zero-order valence-corrected chi connectivity index (χ0v) is 40.1. The molecule has 0 amide bonds. The minimum atomic E-state index is -2.85. The van der Waals surface area contributed by atoms with Crippen LogP contribution in [0.2, 0.25) is 0 Å². The van der Waals surface area contributed by atoms with Crippen LogP contribution in [0.15, 0.2) is 291 Å². The highest BCUT2D eigenvalue weighted by molar-refractivity contribution is 7.20. The molecule has 0 bridgehead atoms. The van der Waals surface area contributed by atoms with Gasteiger partial charge in [0.1, 0.15) is 0 Å². The summed E-state index contributed by atoms with van der Waals surface area (Å²) >= 11 is 0. The predicted octanol–water partition coefficient (Wildman–Crippen LogP) is 15.3. The number of benzene rings is 12. The van der Waals surface area contributed by atoms with Crippen LogP contribution in [0.5, 0.6) is 0 Å². The van der Waals surface area contributed by atoms with E-state index < -0.39 is 8.07 Å². The molecule has 0 radical (unpaired) electrons. The van der Waals surface area contributed by atoms with Gasteiger partial charge in [-0.1, -0.05) is 231 Å². The van der Waals surface area contributed by atoms with Crippen molar-refractivity contribution in [3.8, 4) is 27.9 Å². The van der Waals surface area contributed by atoms with Crippen molar-refractivity contribution < 1.29 is 0 Å². The molecule has 13 aromatic rings. The summed E-state index contributed by atoms with van der Waals surface area (Å²) in [5, 5.41) is 12.9. The Kier molecular flexibility index (Phi) is 10.6. The zero-order chi connectivity index (χ0) is 47.1. The van der Waals surface area contributed by atoms with E-state index in [9.17, 15) is 0 Å². The predicted molar refractivity (Wildman–Crippen MR) is 305 cm³/mol. The van der Waals surface area contributed by atoms with Gasteiger partial charge in [0.05, 0.1) is 11.0 Å². The van der Waals surface area contributed by atoms with Crippen molar-refractivity contribution in [2.75, 3.05) is 4.90 Å². The minimum absolute atomic E-state index is 1.08. The second-order valence-electron chi connectivity index (χ2n) is 18.4. The molecule has 0 aliphatic heterocycles. The van der Waals surface area contributed by atoms with Gasteiger partial charge in [-0.2, -0.15) is 0 Å².